The van der Waals surface area contributed by atoms with Crippen LogP contribution in [0.2, 0.25) is 0 Å². The van der Waals surface area contributed by atoms with Gasteiger partial charge in [0.25, 0.3) is 0 Å². The zero-order chi connectivity index (χ0) is 18.3. The number of pyridine rings is 1. The van der Waals surface area contributed by atoms with Gasteiger partial charge in [0.1, 0.15) is 23.7 Å². The number of hydrogen-bond donors (Lipinski definition) is 1. The summed E-state index contributed by atoms with van der Waals surface area (Å²) in [5.74, 6) is -0.429. The van der Waals surface area contributed by atoms with Crippen molar-refractivity contribution in [2.75, 3.05) is 0 Å². The minimum absolute atomic E-state index is 0.350. The van der Waals surface area contributed by atoms with Gasteiger partial charge < -0.3 is 4.98 Å². The van der Waals surface area contributed by atoms with Crippen molar-refractivity contribution < 1.29 is 17.6 Å². The van der Waals surface area contributed by atoms with Gasteiger partial charge in [-0.25, -0.2) is 9.37 Å². The number of nitrogens with zero attached hydrogens (tertiary/aromatic N) is 3. The number of aromatic amines is 1. The van der Waals surface area contributed by atoms with E-state index in [4.69, 9.17) is 0 Å². The van der Waals surface area contributed by atoms with Crippen LogP contribution in [0.1, 0.15) is 0 Å². The van der Waals surface area contributed by atoms with Crippen molar-refractivity contribution in [2.45, 2.75) is 12.7 Å². The maximum atomic E-state index is 13.2. The number of alkyl halides is 3. The van der Waals surface area contributed by atoms with Crippen molar-refractivity contribution in [3.63, 3.8) is 0 Å². The Hall–Kier alpha value is -3.16. The van der Waals surface area contributed by atoms with Crippen LogP contribution in [0, 0.1) is 5.82 Å². The molecule has 1 N–H and O–H groups in total. The molecule has 0 unspecified atom stereocenters. The molecule has 26 heavy (non-hydrogen) atoms. The van der Waals surface area contributed by atoms with E-state index in [1.807, 2.05) is 0 Å². The fourth-order valence-corrected chi connectivity index (χ4v) is 2.90. The van der Waals surface area contributed by atoms with Crippen molar-refractivity contribution >= 4 is 11.0 Å². The number of fused-ring (bicyclic) bond motifs is 1. The first-order valence-electron chi connectivity index (χ1n) is 7.73. The second-order valence-electron chi connectivity index (χ2n) is 5.81. The molecule has 132 valence electrons. The fraction of sp³-hybridized carbons (Fsp3) is 0.111. The highest BCUT2D eigenvalue weighted by Crippen LogP contribution is 2.35. The Morgan fingerprint density at radius 3 is 2.50 bits per heavy atom. The quantitative estimate of drug-likeness (QED) is 0.534. The van der Waals surface area contributed by atoms with Crippen molar-refractivity contribution in [3.8, 4) is 22.4 Å². The molecular weight excluding hydrogens is 348 g/mol. The van der Waals surface area contributed by atoms with Crippen LogP contribution in [0.3, 0.4) is 0 Å². The van der Waals surface area contributed by atoms with Crippen molar-refractivity contribution in [3.05, 3.63) is 60.8 Å². The van der Waals surface area contributed by atoms with Crippen LogP contribution in [0.25, 0.3) is 33.4 Å². The lowest BCUT2D eigenvalue weighted by molar-refractivity contribution is -0.142. The second-order valence-corrected chi connectivity index (χ2v) is 5.81. The summed E-state index contributed by atoms with van der Waals surface area (Å²) in [6, 6.07) is 9.01. The molecule has 0 fully saturated rings. The SMILES string of the molecule is Fc1ccc(-c2nn(CC(F)(F)F)cc2-c2ccnc3[nH]ccc23)cc1. The van der Waals surface area contributed by atoms with E-state index in [9.17, 15) is 17.6 Å². The topological polar surface area (TPSA) is 46.5 Å². The summed E-state index contributed by atoms with van der Waals surface area (Å²) < 4.78 is 52.5. The molecule has 0 aliphatic carbocycles. The zero-order valence-corrected chi connectivity index (χ0v) is 13.3. The van der Waals surface area contributed by atoms with Crippen LogP contribution >= 0.6 is 0 Å². The summed E-state index contributed by atoms with van der Waals surface area (Å²) in [6.45, 7) is -1.21. The summed E-state index contributed by atoms with van der Waals surface area (Å²) in [4.78, 5) is 7.17. The molecule has 0 bridgehead atoms. The first-order chi connectivity index (χ1) is 12.4. The number of hydrogen-bond acceptors (Lipinski definition) is 2. The van der Waals surface area contributed by atoms with Gasteiger partial charge in [-0.2, -0.15) is 18.3 Å². The summed E-state index contributed by atoms with van der Waals surface area (Å²) in [5.41, 5.74) is 2.72. The first kappa shape index (κ1) is 16.3. The van der Waals surface area contributed by atoms with Gasteiger partial charge in [-0.05, 0) is 42.0 Å². The van der Waals surface area contributed by atoms with E-state index >= 15 is 0 Å². The second kappa shape index (κ2) is 5.98. The third-order valence-electron chi connectivity index (χ3n) is 3.97. The van der Waals surface area contributed by atoms with Crippen LogP contribution in [0.5, 0.6) is 0 Å². The van der Waals surface area contributed by atoms with Crippen LogP contribution in [0.4, 0.5) is 17.6 Å². The maximum Gasteiger partial charge on any atom is 0.408 e. The molecule has 8 heteroatoms. The molecule has 0 amide bonds. The minimum Gasteiger partial charge on any atom is -0.346 e. The Morgan fingerprint density at radius 1 is 1.00 bits per heavy atom. The van der Waals surface area contributed by atoms with E-state index in [1.54, 1.807) is 24.5 Å². The van der Waals surface area contributed by atoms with Gasteiger partial charge in [0.2, 0.25) is 0 Å². The number of rotatable bonds is 3. The molecule has 4 rings (SSSR count). The molecule has 0 aliphatic heterocycles. The minimum atomic E-state index is -4.40. The third-order valence-corrected chi connectivity index (χ3v) is 3.97. The van der Waals surface area contributed by atoms with Gasteiger partial charge >= 0.3 is 6.18 Å². The van der Waals surface area contributed by atoms with E-state index in [0.29, 0.717) is 28.0 Å². The van der Waals surface area contributed by atoms with Crippen LogP contribution in [0.15, 0.2) is 55.0 Å². The Kier molecular flexibility index (Phi) is 3.75. The first-order valence-corrected chi connectivity index (χ1v) is 7.73. The lowest BCUT2D eigenvalue weighted by atomic mass is 10.0. The van der Waals surface area contributed by atoms with Crippen molar-refractivity contribution in [1.29, 1.82) is 0 Å². The lowest BCUT2D eigenvalue weighted by Gasteiger charge is -2.05. The Bertz CT molecular complexity index is 1060. The van der Waals surface area contributed by atoms with E-state index in [-0.39, 0.29) is 0 Å². The van der Waals surface area contributed by atoms with Crippen molar-refractivity contribution in [1.82, 2.24) is 19.7 Å². The summed E-state index contributed by atoms with van der Waals surface area (Å²) in [5, 5.41) is 4.87. The van der Waals surface area contributed by atoms with Gasteiger partial charge in [-0.1, -0.05) is 0 Å². The van der Waals surface area contributed by atoms with Gasteiger partial charge in [0.15, 0.2) is 0 Å². The fourth-order valence-electron chi connectivity index (χ4n) is 2.90. The van der Waals surface area contributed by atoms with Crippen LogP contribution in [-0.4, -0.2) is 25.9 Å². The number of halogens is 4. The summed E-state index contributed by atoms with van der Waals surface area (Å²) in [6.07, 6.45) is 0.238. The van der Waals surface area contributed by atoms with E-state index in [0.717, 1.165) is 10.1 Å². The highest BCUT2D eigenvalue weighted by Gasteiger charge is 2.29. The Balaban J connectivity index is 1.92. The molecule has 0 radical (unpaired) electrons. The van der Waals surface area contributed by atoms with E-state index < -0.39 is 18.5 Å². The normalized spacial score (nSPS) is 12.0. The molecule has 1 aromatic carbocycles. The average Bonchev–Trinajstić information content (AvgIpc) is 3.20. The standard InChI is InChI=1S/C18H12F4N4/c19-12-3-1-11(2-4-12)16-15(9-26(25-16)10-18(20,21)22)13-5-7-23-17-14(13)6-8-24-17/h1-9H,10H2,(H,23,24). The largest absolute Gasteiger partial charge is 0.408 e. The molecule has 3 heterocycles. The molecule has 0 atom stereocenters. The Labute approximate surface area is 145 Å². The van der Waals surface area contributed by atoms with Gasteiger partial charge in [-0.3, -0.25) is 4.68 Å². The molecule has 3 aromatic heterocycles. The average molecular weight is 360 g/mol. The predicted molar refractivity (Wildman–Crippen MR) is 88.8 cm³/mol. The molecule has 0 spiro atoms. The van der Waals surface area contributed by atoms with Gasteiger partial charge in [-0.15, -0.1) is 0 Å². The smallest absolute Gasteiger partial charge is 0.346 e. The molecular formula is C18H12F4N4. The Morgan fingerprint density at radius 2 is 1.77 bits per heavy atom. The molecule has 4 aromatic rings. The lowest BCUT2D eigenvalue weighted by Crippen LogP contribution is -2.17. The molecule has 0 saturated carbocycles. The molecule has 0 saturated heterocycles. The molecule has 0 aliphatic rings. The maximum absolute atomic E-state index is 13.2. The molecule has 4 nitrogen and oxygen atoms in total. The summed E-state index contributed by atoms with van der Waals surface area (Å²) >= 11 is 0. The van der Waals surface area contributed by atoms with Gasteiger partial charge in [0.05, 0.1) is 0 Å². The van der Waals surface area contributed by atoms with Crippen LogP contribution < -0.4 is 0 Å². The van der Waals surface area contributed by atoms with Gasteiger partial charge in [0, 0.05) is 35.1 Å². The predicted octanol–water partition coefficient (Wildman–Crippen LogP) is 4.79. The highest BCUT2D eigenvalue weighted by atomic mass is 19.4. The number of benzene rings is 1. The summed E-state index contributed by atoms with van der Waals surface area (Å²) in [7, 11) is 0. The van der Waals surface area contributed by atoms with E-state index in [1.165, 1.54) is 30.5 Å². The third kappa shape index (κ3) is 3.05. The zero-order valence-electron chi connectivity index (χ0n) is 13.3. The van der Waals surface area contributed by atoms with Crippen molar-refractivity contribution in [2.24, 2.45) is 0 Å². The number of nitrogens with one attached hydrogen (secondary N) is 1. The van der Waals surface area contributed by atoms with Crippen LogP contribution in [-0.2, 0) is 6.54 Å². The highest BCUT2D eigenvalue weighted by molar-refractivity contribution is 5.96. The van der Waals surface area contributed by atoms with E-state index in [2.05, 4.69) is 15.1 Å². The monoisotopic (exact) mass is 360 g/mol. The number of H-pyrrole nitrogens is 1. The number of aromatic nitrogens is 4.